The van der Waals surface area contributed by atoms with Crippen molar-refractivity contribution in [3.05, 3.63) is 32.9 Å². The van der Waals surface area contributed by atoms with Gasteiger partial charge in [0.25, 0.3) is 0 Å². The van der Waals surface area contributed by atoms with Gasteiger partial charge in [0.05, 0.1) is 12.5 Å². The van der Waals surface area contributed by atoms with Gasteiger partial charge in [0.1, 0.15) is 0 Å². The third-order valence-corrected chi connectivity index (χ3v) is 2.77. The first-order chi connectivity index (χ1) is 6.15. The van der Waals surface area contributed by atoms with Gasteiger partial charge in [-0.05, 0) is 47.2 Å². The minimum absolute atomic E-state index is 0.0376. The van der Waals surface area contributed by atoms with Crippen molar-refractivity contribution < 1.29 is 4.79 Å². The van der Waals surface area contributed by atoms with Crippen molar-refractivity contribution in [3.8, 4) is 6.07 Å². The molecule has 1 aromatic rings. The summed E-state index contributed by atoms with van der Waals surface area (Å²) in [5.74, 6) is 0.0376. The van der Waals surface area contributed by atoms with Crippen LogP contribution in [0, 0.1) is 14.9 Å². The lowest BCUT2D eigenvalue weighted by Crippen LogP contribution is -1.95. The molecule has 13 heavy (non-hydrogen) atoms. The van der Waals surface area contributed by atoms with E-state index in [1.165, 1.54) is 6.92 Å². The van der Waals surface area contributed by atoms with Crippen LogP contribution in [0.1, 0.15) is 22.8 Å². The van der Waals surface area contributed by atoms with E-state index >= 15 is 0 Å². The van der Waals surface area contributed by atoms with E-state index in [1.807, 2.05) is 6.07 Å². The van der Waals surface area contributed by atoms with Crippen molar-refractivity contribution in [2.75, 3.05) is 0 Å². The maximum atomic E-state index is 11.0. The van der Waals surface area contributed by atoms with Crippen LogP contribution in [0.4, 0.5) is 0 Å². The second-order valence-corrected chi connectivity index (χ2v) is 3.86. The van der Waals surface area contributed by atoms with Gasteiger partial charge in [-0.1, -0.05) is 6.07 Å². The molecule has 0 saturated carbocycles. The molecule has 0 heterocycles. The Hall–Kier alpha value is -0.890. The number of carbonyl (C=O) groups is 1. The number of halogens is 1. The third kappa shape index (κ3) is 2.52. The molecule has 0 atom stereocenters. The van der Waals surface area contributed by atoms with Gasteiger partial charge in [-0.2, -0.15) is 5.26 Å². The van der Waals surface area contributed by atoms with Gasteiger partial charge in [0.15, 0.2) is 5.78 Å². The maximum absolute atomic E-state index is 11.0. The van der Waals surface area contributed by atoms with Gasteiger partial charge in [0.2, 0.25) is 0 Å². The summed E-state index contributed by atoms with van der Waals surface area (Å²) in [5.41, 5.74) is 1.60. The first kappa shape index (κ1) is 10.2. The lowest BCUT2D eigenvalue weighted by molar-refractivity contribution is 0.101. The van der Waals surface area contributed by atoms with E-state index in [4.69, 9.17) is 5.26 Å². The Morgan fingerprint density at radius 2 is 2.31 bits per heavy atom. The Bertz CT molecular complexity index is 379. The molecule has 1 rings (SSSR count). The van der Waals surface area contributed by atoms with E-state index in [9.17, 15) is 4.79 Å². The summed E-state index contributed by atoms with van der Waals surface area (Å²) >= 11 is 2.16. The van der Waals surface area contributed by atoms with Gasteiger partial charge in [0, 0.05) is 9.13 Å². The first-order valence-electron chi connectivity index (χ1n) is 3.81. The summed E-state index contributed by atoms with van der Waals surface area (Å²) in [6.45, 7) is 1.53. The fourth-order valence-corrected chi connectivity index (χ4v) is 1.54. The molecular formula is C10H8INO. The highest BCUT2D eigenvalue weighted by atomic mass is 127. The lowest BCUT2D eigenvalue weighted by Gasteiger charge is -2.01. The zero-order valence-corrected chi connectivity index (χ0v) is 9.33. The standard InChI is InChI=1S/C10H8INO/c1-7(13)8-2-3-10(11)9(6-8)4-5-12/h2-3,6H,4H2,1H3. The molecule has 0 fully saturated rings. The van der Waals surface area contributed by atoms with Gasteiger partial charge in [-0.3, -0.25) is 4.79 Å². The average molecular weight is 285 g/mol. The molecule has 2 nitrogen and oxygen atoms in total. The normalized spacial score (nSPS) is 9.31. The molecule has 0 aliphatic heterocycles. The number of hydrogen-bond acceptors (Lipinski definition) is 2. The van der Waals surface area contributed by atoms with Crippen LogP contribution in [0.3, 0.4) is 0 Å². The molecule has 0 aliphatic rings. The van der Waals surface area contributed by atoms with Crippen molar-refractivity contribution in [2.45, 2.75) is 13.3 Å². The van der Waals surface area contributed by atoms with E-state index in [-0.39, 0.29) is 5.78 Å². The number of ketones is 1. The van der Waals surface area contributed by atoms with E-state index in [1.54, 1.807) is 12.1 Å². The number of carbonyl (C=O) groups excluding carboxylic acids is 1. The second kappa shape index (κ2) is 4.38. The van der Waals surface area contributed by atoms with Gasteiger partial charge in [-0.25, -0.2) is 0 Å². The molecule has 0 amide bonds. The quantitative estimate of drug-likeness (QED) is 0.619. The molecule has 0 saturated heterocycles. The lowest BCUT2D eigenvalue weighted by atomic mass is 10.1. The predicted molar refractivity (Wildman–Crippen MR) is 58.5 cm³/mol. The number of nitriles is 1. The largest absolute Gasteiger partial charge is 0.295 e. The molecule has 1 aromatic carbocycles. The monoisotopic (exact) mass is 285 g/mol. The van der Waals surface area contributed by atoms with Crippen molar-refractivity contribution in [2.24, 2.45) is 0 Å². The molecule has 0 unspecified atom stereocenters. The second-order valence-electron chi connectivity index (χ2n) is 2.70. The molecular weight excluding hydrogens is 277 g/mol. The molecule has 0 N–H and O–H groups in total. The summed E-state index contributed by atoms with van der Waals surface area (Å²) in [6.07, 6.45) is 0.361. The van der Waals surface area contributed by atoms with Crippen molar-refractivity contribution in [1.29, 1.82) is 5.26 Å². The Morgan fingerprint density at radius 3 is 2.85 bits per heavy atom. The summed E-state index contributed by atoms with van der Waals surface area (Å²) in [5, 5.41) is 8.54. The van der Waals surface area contributed by atoms with Crippen LogP contribution in [0.15, 0.2) is 18.2 Å². The zero-order valence-electron chi connectivity index (χ0n) is 7.17. The molecule has 0 bridgehead atoms. The van der Waals surface area contributed by atoms with Crippen molar-refractivity contribution in [3.63, 3.8) is 0 Å². The molecule has 0 aromatic heterocycles. The fourth-order valence-electron chi connectivity index (χ4n) is 1.01. The summed E-state index contributed by atoms with van der Waals surface area (Å²) < 4.78 is 1.03. The Kier molecular flexibility index (Phi) is 3.43. The number of benzene rings is 1. The van der Waals surface area contributed by atoms with Gasteiger partial charge in [-0.15, -0.1) is 0 Å². The molecule has 66 valence electrons. The van der Waals surface area contributed by atoms with Crippen LogP contribution in [0.5, 0.6) is 0 Å². The van der Waals surface area contributed by atoms with Crippen LogP contribution >= 0.6 is 22.6 Å². The highest BCUT2D eigenvalue weighted by Crippen LogP contribution is 2.15. The Balaban J connectivity index is 3.12. The summed E-state index contributed by atoms with van der Waals surface area (Å²) in [4.78, 5) is 11.0. The van der Waals surface area contributed by atoms with E-state index < -0.39 is 0 Å². The van der Waals surface area contributed by atoms with Gasteiger partial charge < -0.3 is 0 Å². The predicted octanol–water partition coefficient (Wildman–Crippen LogP) is 2.56. The Morgan fingerprint density at radius 1 is 1.62 bits per heavy atom. The van der Waals surface area contributed by atoms with Crippen LogP contribution in [-0.2, 0) is 6.42 Å². The number of Topliss-reactive ketones (excluding diaryl/α,β-unsaturated/α-hetero) is 1. The van der Waals surface area contributed by atoms with Crippen molar-refractivity contribution in [1.82, 2.24) is 0 Å². The molecule has 0 aliphatic carbocycles. The van der Waals surface area contributed by atoms with E-state index in [2.05, 4.69) is 28.7 Å². The Labute approximate surface area is 90.7 Å². The highest BCUT2D eigenvalue weighted by molar-refractivity contribution is 14.1. The topological polar surface area (TPSA) is 40.9 Å². The van der Waals surface area contributed by atoms with Crippen LogP contribution in [-0.4, -0.2) is 5.78 Å². The van der Waals surface area contributed by atoms with Gasteiger partial charge >= 0.3 is 0 Å². The summed E-state index contributed by atoms with van der Waals surface area (Å²) in [7, 11) is 0. The molecule has 3 heteroatoms. The van der Waals surface area contributed by atoms with Crippen molar-refractivity contribution >= 4 is 28.4 Å². The number of rotatable bonds is 2. The molecule has 0 spiro atoms. The SMILES string of the molecule is CC(=O)c1ccc(I)c(CC#N)c1. The molecule has 0 radical (unpaired) electrons. The smallest absolute Gasteiger partial charge is 0.159 e. The zero-order chi connectivity index (χ0) is 9.84. The minimum atomic E-state index is 0.0376. The fraction of sp³-hybridized carbons (Fsp3) is 0.200. The van der Waals surface area contributed by atoms with E-state index in [0.29, 0.717) is 12.0 Å². The van der Waals surface area contributed by atoms with Crippen LogP contribution in [0.2, 0.25) is 0 Å². The third-order valence-electron chi connectivity index (χ3n) is 1.72. The number of hydrogen-bond donors (Lipinski definition) is 0. The van der Waals surface area contributed by atoms with E-state index in [0.717, 1.165) is 9.13 Å². The number of nitrogens with zero attached hydrogens (tertiary/aromatic N) is 1. The van der Waals surface area contributed by atoms with Crippen LogP contribution < -0.4 is 0 Å². The first-order valence-corrected chi connectivity index (χ1v) is 4.89. The summed E-state index contributed by atoms with van der Waals surface area (Å²) in [6, 6.07) is 7.51. The highest BCUT2D eigenvalue weighted by Gasteiger charge is 2.03. The maximum Gasteiger partial charge on any atom is 0.159 e. The average Bonchev–Trinajstić information content (AvgIpc) is 2.08. The van der Waals surface area contributed by atoms with Crippen LogP contribution in [0.25, 0.3) is 0 Å². The minimum Gasteiger partial charge on any atom is -0.295 e.